The van der Waals surface area contributed by atoms with Gasteiger partial charge in [-0.15, -0.1) is 0 Å². The highest BCUT2D eigenvalue weighted by Gasteiger charge is 2.63. The molecular formula is C22H31N3O7. The second-order valence-corrected chi connectivity index (χ2v) is 8.95. The van der Waals surface area contributed by atoms with Crippen molar-refractivity contribution in [1.82, 2.24) is 10.3 Å². The van der Waals surface area contributed by atoms with Crippen LogP contribution < -0.4 is 15.0 Å². The lowest BCUT2D eigenvalue weighted by molar-refractivity contribution is -0.123. The Kier molecular flexibility index (Phi) is 7.22. The van der Waals surface area contributed by atoms with Crippen LogP contribution in [0.15, 0.2) is 12.1 Å². The third-order valence-corrected chi connectivity index (χ3v) is 6.49. The molecule has 1 spiro atoms. The zero-order valence-corrected chi connectivity index (χ0v) is 18.6. The largest absolute Gasteiger partial charge is 0.493 e. The summed E-state index contributed by atoms with van der Waals surface area (Å²) in [7, 11) is 1.56. The number of hydrogen-bond donors (Lipinski definition) is 3. The molecule has 3 aliphatic rings. The van der Waals surface area contributed by atoms with Crippen LogP contribution in [0.2, 0.25) is 0 Å². The Morgan fingerprint density at radius 1 is 1.44 bits per heavy atom. The zero-order valence-electron chi connectivity index (χ0n) is 18.6. The number of anilines is 1. The molecule has 3 N–H and O–H groups in total. The standard InChI is InChI=1S/C21H29N3O5.CH2O2/c1-12(2)8-18(25)22-9-13-14-10-24(11-21(14)7-6-16(13)29-21)19-17(28-3)5-4-15(23-19)20(26)27;2-1-3/h4-5,12-14,16H,6-11H2,1-3H3,(H,22,25)(H,26,27);1H,(H,2,3)/t13-,14+,16+,21+;/m0./s1. The van der Waals surface area contributed by atoms with E-state index in [-0.39, 0.29) is 41.6 Å². The van der Waals surface area contributed by atoms with Crippen LogP contribution in [0.5, 0.6) is 5.75 Å². The number of nitrogens with zero attached hydrogens (tertiary/aromatic N) is 2. The lowest BCUT2D eigenvalue weighted by Gasteiger charge is -2.29. The van der Waals surface area contributed by atoms with E-state index in [0.29, 0.717) is 43.5 Å². The number of carboxylic acid groups (broad SMARTS) is 2. The van der Waals surface area contributed by atoms with Crippen molar-refractivity contribution in [2.45, 2.75) is 44.8 Å². The third-order valence-electron chi connectivity index (χ3n) is 6.49. The van der Waals surface area contributed by atoms with Gasteiger partial charge in [-0.05, 0) is 30.9 Å². The summed E-state index contributed by atoms with van der Waals surface area (Å²) in [5.41, 5.74) is -0.248. The van der Waals surface area contributed by atoms with E-state index in [0.717, 1.165) is 12.8 Å². The molecular weight excluding hydrogens is 418 g/mol. The molecule has 10 nitrogen and oxygen atoms in total. The lowest BCUT2D eigenvalue weighted by atomic mass is 9.73. The monoisotopic (exact) mass is 449 g/mol. The van der Waals surface area contributed by atoms with E-state index >= 15 is 0 Å². The molecule has 1 amide bonds. The summed E-state index contributed by atoms with van der Waals surface area (Å²) < 4.78 is 11.9. The summed E-state index contributed by atoms with van der Waals surface area (Å²) in [5, 5.41) is 19.3. The van der Waals surface area contributed by atoms with Crippen molar-refractivity contribution in [3.05, 3.63) is 17.8 Å². The van der Waals surface area contributed by atoms with Gasteiger partial charge in [0.1, 0.15) is 0 Å². The summed E-state index contributed by atoms with van der Waals surface area (Å²) in [4.78, 5) is 38.3. The molecule has 4 heterocycles. The van der Waals surface area contributed by atoms with Crippen LogP contribution in [-0.4, -0.2) is 72.0 Å². The highest BCUT2D eigenvalue weighted by atomic mass is 16.5. The van der Waals surface area contributed by atoms with E-state index in [4.69, 9.17) is 19.4 Å². The van der Waals surface area contributed by atoms with Gasteiger partial charge >= 0.3 is 5.97 Å². The number of carbonyl (C=O) groups is 3. The fourth-order valence-electron chi connectivity index (χ4n) is 5.24. The van der Waals surface area contributed by atoms with Gasteiger partial charge in [0.2, 0.25) is 5.91 Å². The Labute approximate surface area is 186 Å². The molecule has 3 fully saturated rings. The molecule has 3 aliphatic heterocycles. The average Bonchev–Trinajstić information content (AvgIpc) is 3.40. The number of nitrogens with one attached hydrogen (secondary N) is 1. The predicted molar refractivity (Wildman–Crippen MR) is 115 cm³/mol. The second kappa shape index (κ2) is 9.72. The number of carbonyl (C=O) groups excluding carboxylic acids is 1. The van der Waals surface area contributed by atoms with Crippen molar-refractivity contribution in [1.29, 1.82) is 0 Å². The van der Waals surface area contributed by atoms with Gasteiger partial charge in [-0.3, -0.25) is 9.59 Å². The predicted octanol–water partition coefficient (Wildman–Crippen LogP) is 1.64. The number of aromatic nitrogens is 1. The van der Waals surface area contributed by atoms with Crippen LogP contribution >= 0.6 is 0 Å². The highest BCUT2D eigenvalue weighted by molar-refractivity contribution is 5.86. The first-order chi connectivity index (χ1) is 15.2. The maximum absolute atomic E-state index is 12.1. The number of ether oxygens (including phenoxy) is 2. The van der Waals surface area contributed by atoms with E-state index in [1.165, 1.54) is 6.07 Å². The summed E-state index contributed by atoms with van der Waals surface area (Å²) >= 11 is 0. The number of aromatic carboxylic acids is 1. The first kappa shape index (κ1) is 23.8. The normalized spacial score (nSPS) is 27.5. The number of carboxylic acids is 1. The van der Waals surface area contributed by atoms with Crippen molar-refractivity contribution in [3.8, 4) is 5.75 Å². The molecule has 4 rings (SSSR count). The van der Waals surface area contributed by atoms with E-state index in [1.807, 2.05) is 13.8 Å². The van der Waals surface area contributed by atoms with Gasteiger partial charge in [0.25, 0.3) is 6.47 Å². The molecule has 0 aromatic carbocycles. The molecule has 0 radical (unpaired) electrons. The maximum atomic E-state index is 12.1. The van der Waals surface area contributed by atoms with Crippen LogP contribution in [0, 0.1) is 17.8 Å². The molecule has 10 heteroatoms. The molecule has 4 atom stereocenters. The van der Waals surface area contributed by atoms with E-state index in [2.05, 4.69) is 15.2 Å². The molecule has 3 saturated heterocycles. The van der Waals surface area contributed by atoms with Gasteiger partial charge in [0, 0.05) is 37.9 Å². The summed E-state index contributed by atoms with van der Waals surface area (Å²) in [6.07, 6.45) is 2.69. The molecule has 0 saturated carbocycles. The molecule has 2 bridgehead atoms. The second-order valence-electron chi connectivity index (χ2n) is 8.95. The Morgan fingerprint density at radius 2 is 2.16 bits per heavy atom. The van der Waals surface area contributed by atoms with Gasteiger partial charge in [-0.1, -0.05) is 13.8 Å². The quantitative estimate of drug-likeness (QED) is 0.530. The maximum Gasteiger partial charge on any atom is 0.354 e. The molecule has 1 aromatic heterocycles. The number of methoxy groups -OCH3 is 1. The minimum atomic E-state index is -1.06. The average molecular weight is 450 g/mol. The van der Waals surface area contributed by atoms with Crippen LogP contribution in [0.3, 0.4) is 0 Å². The Hall–Kier alpha value is -2.88. The number of rotatable bonds is 7. The van der Waals surface area contributed by atoms with Crippen molar-refractivity contribution >= 4 is 24.2 Å². The minimum Gasteiger partial charge on any atom is -0.493 e. The summed E-state index contributed by atoms with van der Waals surface area (Å²) in [6.45, 7) is 5.83. The zero-order chi connectivity index (χ0) is 23.5. The third kappa shape index (κ3) is 4.64. The van der Waals surface area contributed by atoms with Crippen molar-refractivity contribution in [2.24, 2.45) is 17.8 Å². The lowest BCUT2D eigenvalue weighted by Crippen LogP contribution is -2.42. The number of hydrogen-bond acceptors (Lipinski definition) is 7. The fraction of sp³-hybridized carbons (Fsp3) is 0.636. The summed E-state index contributed by atoms with van der Waals surface area (Å²) in [5.74, 6) is 1.01. The van der Waals surface area contributed by atoms with Gasteiger partial charge in [0.05, 0.1) is 18.8 Å². The van der Waals surface area contributed by atoms with Crippen molar-refractivity contribution in [2.75, 3.05) is 31.6 Å². The number of pyridine rings is 1. The molecule has 32 heavy (non-hydrogen) atoms. The molecule has 1 aromatic rings. The van der Waals surface area contributed by atoms with E-state index < -0.39 is 5.97 Å². The molecule has 0 aliphatic carbocycles. The van der Waals surface area contributed by atoms with Gasteiger partial charge in [-0.25, -0.2) is 9.78 Å². The first-order valence-corrected chi connectivity index (χ1v) is 10.8. The van der Waals surface area contributed by atoms with E-state index in [1.54, 1.807) is 13.2 Å². The summed E-state index contributed by atoms with van der Waals surface area (Å²) in [6, 6.07) is 3.11. The Morgan fingerprint density at radius 3 is 2.78 bits per heavy atom. The SMILES string of the molecule is COc1ccc(C(=O)O)nc1N1C[C@@H]2[C@H](CNC(=O)CC(C)C)[C@H]3CC[C@]2(C1)O3.O=CO. The number of amides is 1. The Balaban J connectivity index is 0.000000913. The first-order valence-electron chi connectivity index (χ1n) is 10.8. The molecule has 176 valence electrons. The van der Waals surface area contributed by atoms with Crippen LogP contribution in [0.4, 0.5) is 5.82 Å². The van der Waals surface area contributed by atoms with Gasteiger partial charge in [0.15, 0.2) is 17.3 Å². The van der Waals surface area contributed by atoms with E-state index in [9.17, 15) is 14.7 Å². The van der Waals surface area contributed by atoms with Crippen LogP contribution in [-0.2, 0) is 14.3 Å². The smallest absolute Gasteiger partial charge is 0.354 e. The topological polar surface area (TPSA) is 138 Å². The molecule has 0 unspecified atom stereocenters. The van der Waals surface area contributed by atoms with Crippen molar-refractivity contribution in [3.63, 3.8) is 0 Å². The fourth-order valence-corrected chi connectivity index (χ4v) is 5.24. The minimum absolute atomic E-state index is 0.00178. The van der Waals surface area contributed by atoms with Gasteiger partial charge < -0.3 is 29.9 Å². The van der Waals surface area contributed by atoms with Gasteiger partial charge in [-0.2, -0.15) is 0 Å². The number of fused-ring (bicyclic) bond motifs is 1. The van der Waals surface area contributed by atoms with Crippen molar-refractivity contribution < 1.29 is 34.1 Å². The van der Waals surface area contributed by atoms with Crippen LogP contribution in [0.25, 0.3) is 0 Å². The highest BCUT2D eigenvalue weighted by Crippen LogP contribution is 2.55. The Bertz CT molecular complexity index is 862. The van der Waals surface area contributed by atoms with Crippen LogP contribution in [0.1, 0.15) is 43.6 Å².